The Kier molecular flexibility index (Phi) is 5.62. The molecule has 0 bridgehead atoms. The third-order valence-corrected chi connectivity index (χ3v) is 12.2. The van der Waals surface area contributed by atoms with Gasteiger partial charge in [0.05, 0.1) is 55.2 Å². The number of aromatic nitrogens is 8. The van der Waals surface area contributed by atoms with Crippen LogP contribution in [-0.2, 0) is 0 Å². The van der Waals surface area contributed by atoms with E-state index in [1.54, 1.807) is 0 Å². The molecule has 0 aliphatic carbocycles. The molecule has 58 heavy (non-hydrogen) atoms. The maximum absolute atomic E-state index is 5.37. The van der Waals surface area contributed by atoms with Gasteiger partial charge in [-0.1, -0.05) is 60.7 Å². The number of hydrogen-bond acceptors (Lipinski definition) is 6. The Bertz CT molecular complexity index is 3890. The monoisotopic (exact) mass is 738 g/mol. The molecule has 0 unspecified atom stereocenters. The molecule has 0 saturated carbocycles. The van der Waals surface area contributed by atoms with Gasteiger partial charge in [0.1, 0.15) is 11.3 Å². The molecule has 266 valence electrons. The van der Waals surface area contributed by atoms with Crippen molar-refractivity contribution in [2.45, 2.75) is 0 Å². The van der Waals surface area contributed by atoms with E-state index in [4.69, 9.17) is 29.9 Å². The Hall–Kier alpha value is -8.10. The minimum atomic E-state index is 0.866. The minimum Gasteiger partial charge on any atom is -0.291 e. The highest BCUT2D eigenvalue weighted by molar-refractivity contribution is 6.26. The van der Waals surface area contributed by atoms with Crippen molar-refractivity contribution in [2.75, 3.05) is 0 Å². The van der Waals surface area contributed by atoms with Gasteiger partial charge < -0.3 is 0 Å². The van der Waals surface area contributed by atoms with Crippen molar-refractivity contribution in [1.82, 2.24) is 38.7 Å². The van der Waals surface area contributed by atoms with Gasteiger partial charge in [-0.3, -0.25) is 28.7 Å². The summed E-state index contributed by atoms with van der Waals surface area (Å²) in [6, 6.07) is 47.4. The fraction of sp³-hybridized carbons (Fsp3) is 0. The topological polar surface area (TPSA) is 86.2 Å². The van der Waals surface area contributed by atoms with Gasteiger partial charge in [0, 0.05) is 67.9 Å². The van der Waals surface area contributed by atoms with Crippen molar-refractivity contribution in [3.63, 3.8) is 0 Å². The first-order valence-electron chi connectivity index (χ1n) is 19.4. The maximum atomic E-state index is 5.37. The number of fused-ring (bicyclic) bond motifs is 26. The van der Waals surface area contributed by atoms with E-state index in [0.717, 1.165) is 131 Å². The molecule has 0 amide bonds. The van der Waals surface area contributed by atoms with Crippen molar-refractivity contribution in [1.29, 1.82) is 0 Å². The summed E-state index contributed by atoms with van der Waals surface area (Å²) in [7, 11) is 0. The number of rotatable bonds is 1. The minimum absolute atomic E-state index is 0.866. The van der Waals surface area contributed by atoms with Crippen molar-refractivity contribution < 1.29 is 0 Å². The van der Waals surface area contributed by atoms with Crippen LogP contribution in [0.2, 0.25) is 0 Å². The molecule has 0 atom stereocenters. The Morgan fingerprint density at radius 3 is 1.09 bits per heavy atom. The lowest BCUT2D eigenvalue weighted by Gasteiger charge is -2.14. The predicted octanol–water partition coefficient (Wildman–Crippen LogP) is 11.8. The molecule has 14 aromatic rings. The molecule has 0 fully saturated rings. The molecular weight excluding hydrogens is 713 g/mol. The summed E-state index contributed by atoms with van der Waals surface area (Å²) in [4.78, 5) is 30.0. The van der Waals surface area contributed by atoms with E-state index in [2.05, 4.69) is 118 Å². The zero-order valence-corrected chi connectivity index (χ0v) is 30.6. The molecule has 8 aromatic heterocycles. The van der Waals surface area contributed by atoms with Crippen LogP contribution < -0.4 is 0 Å². The van der Waals surface area contributed by atoms with Crippen molar-refractivity contribution >= 4 is 120 Å². The van der Waals surface area contributed by atoms with Crippen molar-refractivity contribution in [2.24, 2.45) is 0 Å². The number of pyridine rings is 6. The van der Waals surface area contributed by atoms with Crippen molar-refractivity contribution in [3.05, 3.63) is 158 Å². The molecule has 8 heteroatoms. The lowest BCUT2D eigenvalue weighted by molar-refractivity contribution is 1.31. The van der Waals surface area contributed by atoms with E-state index >= 15 is 0 Å². The molecule has 8 heterocycles. The highest BCUT2D eigenvalue weighted by Gasteiger charge is 2.22. The van der Waals surface area contributed by atoms with E-state index in [1.165, 1.54) is 0 Å². The third-order valence-electron chi connectivity index (χ3n) is 12.2. The van der Waals surface area contributed by atoms with Gasteiger partial charge in [-0.25, -0.2) is 9.97 Å². The molecule has 6 aromatic carbocycles. The predicted molar refractivity (Wildman–Crippen MR) is 236 cm³/mol. The van der Waals surface area contributed by atoms with E-state index < -0.39 is 0 Å². The van der Waals surface area contributed by atoms with Crippen LogP contribution in [-0.4, -0.2) is 38.7 Å². The van der Waals surface area contributed by atoms with E-state index in [1.807, 2.05) is 49.1 Å². The first-order chi connectivity index (χ1) is 28.8. The van der Waals surface area contributed by atoms with Crippen LogP contribution in [0.5, 0.6) is 0 Å². The molecular formula is C50H26N8. The van der Waals surface area contributed by atoms with E-state index in [-0.39, 0.29) is 0 Å². The second kappa shape index (κ2) is 10.8. The van der Waals surface area contributed by atoms with Gasteiger partial charge >= 0.3 is 0 Å². The molecule has 0 radical (unpaired) electrons. The van der Waals surface area contributed by atoms with Crippen molar-refractivity contribution in [3.8, 4) is 11.1 Å². The lowest BCUT2D eigenvalue weighted by atomic mass is 9.97. The first-order valence-corrected chi connectivity index (χ1v) is 19.4. The Balaban J connectivity index is 1.09. The third kappa shape index (κ3) is 3.74. The fourth-order valence-electron chi connectivity index (χ4n) is 9.76. The van der Waals surface area contributed by atoms with Crippen LogP contribution in [0.1, 0.15) is 0 Å². The van der Waals surface area contributed by atoms with Gasteiger partial charge in [0.25, 0.3) is 0 Å². The molecule has 0 aliphatic heterocycles. The number of nitrogens with zero attached hydrogens (tertiary/aromatic N) is 8. The van der Waals surface area contributed by atoms with Crippen LogP contribution in [0.25, 0.3) is 131 Å². The smallest absolute Gasteiger partial charge is 0.146 e. The number of hydrogen-bond donors (Lipinski definition) is 0. The van der Waals surface area contributed by atoms with Crippen LogP contribution >= 0.6 is 0 Å². The van der Waals surface area contributed by atoms with E-state index in [0.29, 0.717) is 0 Å². The zero-order chi connectivity index (χ0) is 37.6. The fourth-order valence-corrected chi connectivity index (χ4v) is 9.76. The number of benzene rings is 6. The average Bonchev–Trinajstić information content (AvgIpc) is 3.91. The van der Waals surface area contributed by atoms with Gasteiger partial charge in [-0.2, -0.15) is 0 Å². The summed E-state index contributed by atoms with van der Waals surface area (Å²) in [5.41, 5.74) is 13.7. The summed E-state index contributed by atoms with van der Waals surface area (Å²) in [5.74, 6) is 0. The van der Waals surface area contributed by atoms with Crippen LogP contribution in [0, 0.1) is 0 Å². The van der Waals surface area contributed by atoms with Gasteiger partial charge in [-0.05, 0) is 94.7 Å². The second-order valence-corrected chi connectivity index (χ2v) is 15.1. The zero-order valence-electron chi connectivity index (χ0n) is 30.6. The molecule has 0 saturated heterocycles. The van der Waals surface area contributed by atoms with Gasteiger partial charge in [0.2, 0.25) is 0 Å². The normalized spacial score (nSPS) is 12.5. The molecule has 0 spiro atoms. The number of imidazole rings is 2. The Morgan fingerprint density at radius 1 is 0.293 bits per heavy atom. The van der Waals surface area contributed by atoms with E-state index in [9.17, 15) is 0 Å². The average molecular weight is 739 g/mol. The summed E-state index contributed by atoms with van der Waals surface area (Å²) < 4.78 is 4.67. The molecule has 0 N–H and O–H groups in total. The van der Waals surface area contributed by atoms with Gasteiger partial charge in [-0.15, -0.1) is 0 Å². The Labute approximate surface area is 327 Å². The largest absolute Gasteiger partial charge is 0.291 e. The lowest BCUT2D eigenvalue weighted by Crippen LogP contribution is -1.95. The molecule has 0 aliphatic rings. The highest BCUT2D eigenvalue weighted by Crippen LogP contribution is 2.42. The Morgan fingerprint density at radius 2 is 0.655 bits per heavy atom. The van der Waals surface area contributed by atoms with Crippen LogP contribution in [0.4, 0.5) is 0 Å². The SMILES string of the molecule is c1ccc2c(c1)c1cc(-c3ccc4c(c3)c3ccccc3c3nc5c6cccnc6c6ncccc6c5n43)ccc1n1c2nc2c3cccnc3c3ncccc3c21. The summed E-state index contributed by atoms with van der Waals surface area (Å²) in [5, 5.41) is 10.9. The van der Waals surface area contributed by atoms with Crippen LogP contribution in [0.3, 0.4) is 0 Å². The highest BCUT2D eigenvalue weighted by atomic mass is 15.0. The maximum Gasteiger partial charge on any atom is 0.146 e. The van der Waals surface area contributed by atoms with Gasteiger partial charge in [0.15, 0.2) is 0 Å². The summed E-state index contributed by atoms with van der Waals surface area (Å²) >= 11 is 0. The summed E-state index contributed by atoms with van der Waals surface area (Å²) in [6.45, 7) is 0. The van der Waals surface area contributed by atoms with Crippen LogP contribution in [0.15, 0.2) is 158 Å². The quantitative estimate of drug-likeness (QED) is 0.156. The first kappa shape index (κ1) is 30.2. The molecule has 8 nitrogen and oxygen atoms in total. The summed E-state index contributed by atoms with van der Waals surface area (Å²) in [6.07, 6.45) is 7.35. The molecule has 14 rings (SSSR count). The second-order valence-electron chi connectivity index (χ2n) is 15.1. The standard InChI is InChI=1S/C50H26N8/c1-3-11-31-29(9-1)37-25-27(17-19-39(37)57-47-35-15-7-23-53-43(35)41-33(13-5-21-51-41)45(47)55-49(31)57)28-18-20-40-38(26-28)30-10-2-4-12-32(30)50-56-46-34-14-6-22-52-42(34)44-36(16-8-24-54-44)48(46)58(40)50/h1-26H.